The van der Waals surface area contributed by atoms with E-state index in [1.165, 1.54) is 0 Å². The average Bonchev–Trinajstić information content (AvgIpc) is 2.78. The van der Waals surface area contributed by atoms with Crippen LogP contribution in [0.1, 0.15) is 28.7 Å². The van der Waals surface area contributed by atoms with Crippen LogP contribution in [-0.4, -0.2) is 59.0 Å². The Morgan fingerprint density at radius 3 is 2.63 bits per heavy atom. The molecule has 1 aliphatic rings. The summed E-state index contributed by atoms with van der Waals surface area (Å²) < 4.78 is 0. The van der Waals surface area contributed by atoms with Crippen molar-refractivity contribution in [3.8, 4) is 0 Å². The van der Waals surface area contributed by atoms with Gasteiger partial charge in [0.05, 0.1) is 22.9 Å². The summed E-state index contributed by atoms with van der Waals surface area (Å²) in [6.07, 6.45) is 2.39. The molecule has 0 unspecified atom stereocenters. The molecule has 3 aromatic rings. The zero-order valence-electron chi connectivity index (χ0n) is 17.3. The first-order chi connectivity index (χ1) is 14.6. The van der Waals surface area contributed by atoms with Crippen molar-refractivity contribution in [2.24, 2.45) is 0 Å². The van der Waals surface area contributed by atoms with Gasteiger partial charge in [-0.2, -0.15) is 0 Å². The minimum absolute atomic E-state index is 0.105. The second-order valence-corrected chi connectivity index (χ2v) is 7.46. The molecule has 1 aromatic carbocycles. The standard InChI is InChI=1S/C22H26N6O2/c1-3-17-22(30)26-20-12-15(4-6-18(20)25-17)14-27-8-10-28(11-9-27)16-5-7-19(24-13-16)21(29)23-2/h4-7,12-13H,3,8-11,14H2,1-2H3,(H,23,29)(H,26,30). The van der Waals surface area contributed by atoms with Crippen LogP contribution in [0.4, 0.5) is 5.69 Å². The molecule has 2 aromatic heterocycles. The van der Waals surface area contributed by atoms with E-state index in [0.29, 0.717) is 17.8 Å². The van der Waals surface area contributed by atoms with Crippen molar-refractivity contribution in [3.05, 3.63) is 63.8 Å². The fourth-order valence-electron chi connectivity index (χ4n) is 3.77. The highest BCUT2D eigenvalue weighted by molar-refractivity contribution is 5.92. The van der Waals surface area contributed by atoms with Gasteiger partial charge in [0.25, 0.3) is 11.5 Å². The lowest BCUT2D eigenvalue weighted by Crippen LogP contribution is -2.46. The SMILES string of the molecule is CCc1nc2ccc(CN3CCN(c4ccc(C(=O)NC)nc4)CC3)cc2[nH]c1=O. The number of carbonyl (C=O) groups excluding carboxylic acids is 1. The van der Waals surface area contributed by atoms with Crippen molar-refractivity contribution in [3.63, 3.8) is 0 Å². The van der Waals surface area contributed by atoms with Gasteiger partial charge in [-0.3, -0.25) is 14.5 Å². The minimum Gasteiger partial charge on any atom is -0.368 e. The third-order valence-electron chi connectivity index (χ3n) is 5.51. The first-order valence-corrected chi connectivity index (χ1v) is 10.2. The van der Waals surface area contributed by atoms with E-state index >= 15 is 0 Å². The number of fused-ring (bicyclic) bond motifs is 1. The van der Waals surface area contributed by atoms with Crippen LogP contribution in [0, 0.1) is 0 Å². The van der Waals surface area contributed by atoms with Crippen molar-refractivity contribution in [2.45, 2.75) is 19.9 Å². The highest BCUT2D eigenvalue weighted by atomic mass is 16.1. The fraction of sp³-hybridized carbons (Fsp3) is 0.364. The number of piperazine rings is 1. The Labute approximate surface area is 175 Å². The number of benzene rings is 1. The molecule has 4 rings (SSSR count). The molecule has 0 spiro atoms. The molecule has 30 heavy (non-hydrogen) atoms. The second kappa shape index (κ2) is 8.62. The Balaban J connectivity index is 1.38. The van der Waals surface area contributed by atoms with Crippen molar-refractivity contribution < 1.29 is 4.79 Å². The third kappa shape index (κ3) is 4.18. The number of amides is 1. The number of H-pyrrole nitrogens is 1. The van der Waals surface area contributed by atoms with Crippen LogP contribution >= 0.6 is 0 Å². The molecule has 1 saturated heterocycles. The van der Waals surface area contributed by atoms with E-state index in [2.05, 4.69) is 36.1 Å². The number of aromatic nitrogens is 3. The van der Waals surface area contributed by atoms with E-state index in [0.717, 1.165) is 55.0 Å². The van der Waals surface area contributed by atoms with Gasteiger partial charge in [0.2, 0.25) is 0 Å². The molecule has 8 nitrogen and oxygen atoms in total. The lowest BCUT2D eigenvalue weighted by molar-refractivity contribution is 0.0958. The molecule has 0 aliphatic carbocycles. The lowest BCUT2D eigenvalue weighted by atomic mass is 10.1. The summed E-state index contributed by atoms with van der Waals surface area (Å²) in [5.41, 5.74) is 4.70. The lowest BCUT2D eigenvalue weighted by Gasteiger charge is -2.36. The van der Waals surface area contributed by atoms with Crippen LogP contribution < -0.4 is 15.8 Å². The summed E-state index contributed by atoms with van der Waals surface area (Å²) >= 11 is 0. The van der Waals surface area contributed by atoms with Crippen LogP contribution in [-0.2, 0) is 13.0 Å². The Hall–Kier alpha value is -3.26. The number of rotatable bonds is 5. The maximum Gasteiger partial charge on any atom is 0.270 e. The molecule has 8 heteroatoms. The average molecular weight is 406 g/mol. The van der Waals surface area contributed by atoms with Gasteiger partial charge < -0.3 is 15.2 Å². The van der Waals surface area contributed by atoms with Gasteiger partial charge in [-0.1, -0.05) is 13.0 Å². The summed E-state index contributed by atoms with van der Waals surface area (Å²) in [5, 5.41) is 2.58. The molecule has 1 amide bonds. The predicted molar refractivity (Wildman–Crippen MR) is 117 cm³/mol. The molecule has 0 saturated carbocycles. The van der Waals surface area contributed by atoms with Crippen LogP contribution in [0.2, 0.25) is 0 Å². The van der Waals surface area contributed by atoms with Crippen molar-refractivity contribution in [2.75, 3.05) is 38.1 Å². The van der Waals surface area contributed by atoms with Gasteiger partial charge in [0.1, 0.15) is 11.4 Å². The summed E-state index contributed by atoms with van der Waals surface area (Å²) in [6, 6.07) is 9.80. The van der Waals surface area contributed by atoms with E-state index in [4.69, 9.17) is 0 Å². The Kier molecular flexibility index (Phi) is 5.76. The number of hydrogen-bond donors (Lipinski definition) is 2. The van der Waals surface area contributed by atoms with Crippen LogP contribution in [0.25, 0.3) is 11.0 Å². The van der Waals surface area contributed by atoms with Gasteiger partial charge >= 0.3 is 0 Å². The molecule has 1 aliphatic heterocycles. The Morgan fingerprint density at radius 1 is 1.17 bits per heavy atom. The molecular weight excluding hydrogens is 380 g/mol. The normalized spacial score (nSPS) is 14.8. The first kappa shape index (κ1) is 20.0. The van der Waals surface area contributed by atoms with Crippen LogP contribution in [0.5, 0.6) is 0 Å². The summed E-state index contributed by atoms with van der Waals surface area (Å²) in [7, 11) is 1.60. The van der Waals surface area contributed by atoms with E-state index in [-0.39, 0.29) is 11.5 Å². The van der Waals surface area contributed by atoms with E-state index < -0.39 is 0 Å². The number of nitrogens with one attached hydrogen (secondary N) is 2. The van der Waals surface area contributed by atoms with Crippen molar-refractivity contribution in [1.29, 1.82) is 0 Å². The number of anilines is 1. The Morgan fingerprint density at radius 2 is 1.97 bits per heavy atom. The number of carbonyl (C=O) groups is 1. The quantitative estimate of drug-likeness (QED) is 0.668. The van der Waals surface area contributed by atoms with E-state index in [1.54, 1.807) is 19.3 Å². The molecule has 156 valence electrons. The number of aromatic amines is 1. The highest BCUT2D eigenvalue weighted by Gasteiger charge is 2.18. The van der Waals surface area contributed by atoms with Gasteiger partial charge in [-0.25, -0.2) is 9.97 Å². The van der Waals surface area contributed by atoms with E-state index in [9.17, 15) is 9.59 Å². The van der Waals surface area contributed by atoms with Gasteiger partial charge in [-0.05, 0) is 36.2 Å². The van der Waals surface area contributed by atoms with Gasteiger partial charge in [0, 0.05) is 39.8 Å². The number of nitrogens with zero attached hydrogens (tertiary/aromatic N) is 4. The Bertz CT molecular complexity index is 1100. The van der Waals surface area contributed by atoms with Gasteiger partial charge in [0.15, 0.2) is 0 Å². The summed E-state index contributed by atoms with van der Waals surface area (Å²) in [6.45, 7) is 6.41. The molecule has 2 N–H and O–H groups in total. The molecule has 0 atom stereocenters. The monoisotopic (exact) mass is 406 g/mol. The van der Waals surface area contributed by atoms with Crippen molar-refractivity contribution in [1.82, 2.24) is 25.2 Å². The fourth-order valence-corrected chi connectivity index (χ4v) is 3.77. The second-order valence-electron chi connectivity index (χ2n) is 7.46. The zero-order chi connectivity index (χ0) is 21.1. The van der Waals surface area contributed by atoms with Crippen LogP contribution in [0.3, 0.4) is 0 Å². The summed E-state index contributed by atoms with van der Waals surface area (Å²) in [5.74, 6) is -0.177. The number of pyridine rings is 1. The number of aryl methyl sites for hydroxylation is 1. The smallest absolute Gasteiger partial charge is 0.270 e. The minimum atomic E-state index is -0.177. The maximum atomic E-state index is 12.1. The summed E-state index contributed by atoms with van der Waals surface area (Å²) in [4.78, 5) is 40.0. The molecule has 3 heterocycles. The highest BCUT2D eigenvalue weighted by Crippen LogP contribution is 2.18. The first-order valence-electron chi connectivity index (χ1n) is 10.2. The zero-order valence-corrected chi connectivity index (χ0v) is 17.3. The maximum absolute atomic E-state index is 12.1. The molecular formula is C22H26N6O2. The largest absolute Gasteiger partial charge is 0.368 e. The molecule has 1 fully saturated rings. The van der Waals surface area contributed by atoms with Gasteiger partial charge in [-0.15, -0.1) is 0 Å². The van der Waals surface area contributed by atoms with E-state index in [1.807, 2.05) is 25.1 Å². The molecule has 0 bridgehead atoms. The topological polar surface area (TPSA) is 94.2 Å². The third-order valence-corrected chi connectivity index (χ3v) is 5.51. The molecule has 0 radical (unpaired) electrons. The van der Waals surface area contributed by atoms with Crippen molar-refractivity contribution >= 4 is 22.6 Å². The van der Waals surface area contributed by atoms with Crippen LogP contribution in [0.15, 0.2) is 41.3 Å². The number of hydrogen-bond acceptors (Lipinski definition) is 6. The predicted octanol–water partition coefficient (Wildman–Crippen LogP) is 1.56.